The molecule has 1 aromatic heterocycles. The second-order valence-electron chi connectivity index (χ2n) is 4.02. The molecule has 0 fully saturated rings. The summed E-state index contributed by atoms with van der Waals surface area (Å²) in [6, 6.07) is 5.06. The van der Waals surface area contributed by atoms with Gasteiger partial charge in [-0.15, -0.1) is 11.3 Å². The standard InChI is InChI=1S/C13H15FN2S/c1-8-11(14)5-4-6-12(8)15-7-13-16-9(2)10(3)17-13/h4-6,15H,7H2,1-3H3. The van der Waals surface area contributed by atoms with Crippen LogP contribution in [0.2, 0.25) is 0 Å². The molecule has 17 heavy (non-hydrogen) atoms. The Morgan fingerprint density at radius 2 is 2.06 bits per heavy atom. The summed E-state index contributed by atoms with van der Waals surface area (Å²) in [6.45, 7) is 6.48. The minimum atomic E-state index is -0.179. The normalized spacial score (nSPS) is 10.6. The molecule has 4 heteroatoms. The molecule has 0 spiro atoms. The van der Waals surface area contributed by atoms with Crippen molar-refractivity contribution in [1.29, 1.82) is 0 Å². The van der Waals surface area contributed by atoms with Crippen LogP contribution in [0, 0.1) is 26.6 Å². The molecular formula is C13H15FN2S. The quantitative estimate of drug-likeness (QED) is 0.895. The number of nitrogens with zero attached hydrogens (tertiary/aromatic N) is 1. The molecule has 0 radical (unpaired) electrons. The Hall–Kier alpha value is -1.42. The minimum absolute atomic E-state index is 0.179. The van der Waals surface area contributed by atoms with Gasteiger partial charge in [-0.25, -0.2) is 9.37 Å². The summed E-state index contributed by atoms with van der Waals surface area (Å²) in [6.07, 6.45) is 0. The zero-order chi connectivity index (χ0) is 12.4. The number of halogens is 1. The van der Waals surface area contributed by atoms with Crippen molar-refractivity contribution in [3.05, 3.63) is 45.2 Å². The summed E-state index contributed by atoms with van der Waals surface area (Å²) in [4.78, 5) is 5.67. The molecule has 2 aromatic rings. The molecule has 0 saturated carbocycles. The molecule has 0 atom stereocenters. The Kier molecular flexibility index (Phi) is 3.43. The maximum absolute atomic E-state index is 13.3. The molecule has 1 heterocycles. The van der Waals surface area contributed by atoms with Crippen LogP contribution in [-0.2, 0) is 6.54 Å². The molecule has 0 bridgehead atoms. The maximum Gasteiger partial charge on any atom is 0.128 e. The van der Waals surface area contributed by atoms with Gasteiger partial charge in [-0.05, 0) is 32.9 Å². The number of hydrogen-bond acceptors (Lipinski definition) is 3. The van der Waals surface area contributed by atoms with Gasteiger partial charge in [-0.3, -0.25) is 0 Å². The smallest absolute Gasteiger partial charge is 0.128 e. The predicted octanol–water partition coefficient (Wildman–Crippen LogP) is 3.82. The van der Waals surface area contributed by atoms with Crippen LogP contribution in [-0.4, -0.2) is 4.98 Å². The van der Waals surface area contributed by atoms with E-state index >= 15 is 0 Å². The summed E-state index contributed by atoms with van der Waals surface area (Å²) in [7, 11) is 0. The monoisotopic (exact) mass is 250 g/mol. The Balaban J connectivity index is 2.10. The summed E-state index contributed by atoms with van der Waals surface area (Å²) < 4.78 is 13.3. The van der Waals surface area contributed by atoms with Gasteiger partial charge in [0.1, 0.15) is 10.8 Å². The van der Waals surface area contributed by atoms with Crippen molar-refractivity contribution < 1.29 is 4.39 Å². The van der Waals surface area contributed by atoms with Gasteiger partial charge in [0.15, 0.2) is 0 Å². The minimum Gasteiger partial charge on any atom is -0.378 e. The molecule has 0 saturated heterocycles. The first-order valence-corrected chi connectivity index (χ1v) is 6.31. The van der Waals surface area contributed by atoms with E-state index in [0.29, 0.717) is 12.1 Å². The number of aryl methyl sites for hydroxylation is 2. The van der Waals surface area contributed by atoms with Crippen LogP contribution in [0.15, 0.2) is 18.2 Å². The zero-order valence-electron chi connectivity index (χ0n) is 10.2. The Labute approximate surface area is 105 Å². The van der Waals surface area contributed by atoms with Crippen molar-refractivity contribution in [3.8, 4) is 0 Å². The highest BCUT2D eigenvalue weighted by Gasteiger charge is 2.06. The Bertz CT molecular complexity index is 515. The predicted molar refractivity (Wildman–Crippen MR) is 70.1 cm³/mol. The zero-order valence-corrected chi connectivity index (χ0v) is 11.0. The third-order valence-corrected chi connectivity index (χ3v) is 3.84. The molecule has 0 aliphatic heterocycles. The van der Waals surface area contributed by atoms with E-state index in [-0.39, 0.29) is 5.82 Å². The molecule has 0 amide bonds. The van der Waals surface area contributed by atoms with Crippen molar-refractivity contribution in [3.63, 3.8) is 0 Å². The van der Waals surface area contributed by atoms with Gasteiger partial charge < -0.3 is 5.32 Å². The first-order chi connectivity index (χ1) is 8.08. The highest BCUT2D eigenvalue weighted by molar-refractivity contribution is 7.11. The molecule has 0 unspecified atom stereocenters. The SMILES string of the molecule is Cc1nc(CNc2cccc(F)c2C)sc1C. The molecule has 1 aromatic carbocycles. The van der Waals surface area contributed by atoms with E-state index in [4.69, 9.17) is 0 Å². The number of benzene rings is 1. The number of rotatable bonds is 3. The van der Waals surface area contributed by atoms with E-state index in [1.165, 1.54) is 10.9 Å². The van der Waals surface area contributed by atoms with Gasteiger partial charge >= 0.3 is 0 Å². The molecular weight excluding hydrogens is 235 g/mol. The summed E-state index contributed by atoms with van der Waals surface area (Å²) in [5, 5.41) is 4.25. The lowest BCUT2D eigenvalue weighted by molar-refractivity contribution is 0.619. The van der Waals surface area contributed by atoms with Crippen molar-refractivity contribution >= 4 is 17.0 Å². The van der Waals surface area contributed by atoms with Crippen LogP contribution in [0.3, 0.4) is 0 Å². The van der Waals surface area contributed by atoms with Crippen molar-refractivity contribution in [2.45, 2.75) is 27.3 Å². The van der Waals surface area contributed by atoms with Gasteiger partial charge in [0.25, 0.3) is 0 Å². The highest BCUT2D eigenvalue weighted by Crippen LogP contribution is 2.21. The second-order valence-corrected chi connectivity index (χ2v) is 5.30. The highest BCUT2D eigenvalue weighted by atomic mass is 32.1. The first kappa shape index (κ1) is 12.0. The van der Waals surface area contributed by atoms with E-state index in [9.17, 15) is 4.39 Å². The van der Waals surface area contributed by atoms with Crippen molar-refractivity contribution in [2.75, 3.05) is 5.32 Å². The lowest BCUT2D eigenvalue weighted by Crippen LogP contribution is -2.01. The number of hydrogen-bond donors (Lipinski definition) is 1. The summed E-state index contributed by atoms with van der Waals surface area (Å²) >= 11 is 1.68. The van der Waals surface area contributed by atoms with Gasteiger partial charge in [-0.1, -0.05) is 6.07 Å². The van der Waals surface area contributed by atoms with E-state index in [2.05, 4.69) is 17.2 Å². The van der Waals surface area contributed by atoms with Gasteiger partial charge in [0, 0.05) is 16.1 Å². The maximum atomic E-state index is 13.3. The van der Waals surface area contributed by atoms with Crippen LogP contribution in [0.4, 0.5) is 10.1 Å². The van der Waals surface area contributed by atoms with E-state index in [1.54, 1.807) is 24.3 Å². The summed E-state index contributed by atoms with van der Waals surface area (Å²) in [5.41, 5.74) is 2.55. The van der Waals surface area contributed by atoms with Crippen LogP contribution in [0.1, 0.15) is 21.1 Å². The van der Waals surface area contributed by atoms with Crippen LogP contribution >= 0.6 is 11.3 Å². The lowest BCUT2D eigenvalue weighted by atomic mass is 10.2. The molecule has 1 N–H and O–H groups in total. The molecule has 0 aliphatic rings. The largest absolute Gasteiger partial charge is 0.378 e. The number of aromatic nitrogens is 1. The van der Waals surface area contributed by atoms with Crippen LogP contribution in [0.5, 0.6) is 0 Å². The van der Waals surface area contributed by atoms with Crippen molar-refractivity contribution in [1.82, 2.24) is 4.98 Å². The van der Waals surface area contributed by atoms with E-state index in [1.807, 2.05) is 13.0 Å². The van der Waals surface area contributed by atoms with Gasteiger partial charge in [0.05, 0.1) is 12.2 Å². The van der Waals surface area contributed by atoms with Gasteiger partial charge in [0.2, 0.25) is 0 Å². The number of thiazole rings is 1. The number of anilines is 1. The summed E-state index contributed by atoms with van der Waals surface area (Å²) in [5.74, 6) is -0.179. The third-order valence-electron chi connectivity index (χ3n) is 2.77. The Morgan fingerprint density at radius 3 is 2.71 bits per heavy atom. The van der Waals surface area contributed by atoms with Crippen LogP contribution in [0.25, 0.3) is 0 Å². The fraction of sp³-hybridized carbons (Fsp3) is 0.308. The number of nitrogens with one attached hydrogen (secondary N) is 1. The first-order valence-electron chi connectivity index (χ1n) is 5.50. The fourth-order valence-corrected chi connectivity index (χ4v) is 2.46. The fourth-order valence-electron chi connectivity index (χ4n) is 1.58. The average Bonchev–Trinajstić information content (AvgIpc) is 2.61. The molecule has 0 aliphatic carbocycles. The Morgan fingerprint density at radius 1 is 1.29 bits per heavy atom. The third kappa shape index (κ3) is 2.64. The van der Waals surface area contributed by atoms with Gasteiger partial charge in [-0.2, -0.15) is 0 Å². The van der Waals surface area contributed by atoms with E-state index in [0.717, 1.165) is 16.4 Å². The molecule has 90 valence electrons. The molecule has 2 nitrogen and oxygen atoms in total. The average molecular weight is 250 g/mol. The topological polar surface area (TPSA) is 24.9 Å². The molecule has 2 rings (SSSR count). The van der Waals surface area contributed by atoms with Crippen molar-refractivity contribution in [2.24, 2.45) is 0 Å². The van der Waals surface area contributed by atoms with E-state index < -0.39 is 0 Å². The second kappa shape index (κ2) is 4.84. The lowest BCUT2D eigenvalue weighted by Gasteiger charge is -2.08. The van der Waals surface area contributed by atoms with Crippen LogP contribution < -0.4 is 5.32 Å².